The second-order valence-electron chi connectivity index (χ2n) is 5.49. The van der Waals surface area contributed by atoms with Gasteiger partial charge in [0.2, 0.25) is 0 Å². The zero-order valence-corrected chi connectivity index (χ0v) is 16.8. The fourth-order valence-corrected chi connectivity index (χ4v) is 3.59. The van der Waals surface area contributed by atoms with E-state index in [9.17, 15) is 0 Å². The maximum atomic E-state index is 5.59. The van der Waals surface area contributed by atoms with Crippen molar-refractivity contribution in [3.8, 4) is 5.75 Å². The predicted octanol–water partition coefficient (Wildman–Crippen LogP) is 5.89. The van der Waals surface area contributed by atoms with E-state index in [0.29, 0.717) is 6.61 Å². The Morgan fingerprint density at radius 2 is 1.87 bits per heavy atom. The third kappa shape index (κ3) is 5.63. The van der Waals surface area contributed by atoms with E-state index in [1.54, 1.807) is 0 Å². The van der Waals surface area contributed by atoms with Crippen LogP contribution < -0.4 is 10.1 Å². The second kappa shape index (κ2) is 9.45. The second-order valence-corrected chi connectivity index (χ2v) is 7.20. The molecule has 124 valence electrons. The Morgan fingerprint density at radius 3 is 2.61 bits per heavy atom. The third-order valence-electron chi connectivity index (χ3n) is 3.78. The van der Waals surface area contributed by atoms with Gasteiger partial charge < -0.3 is 10.1 Å². The fraction of sp³-hybridized carbons (Fsp3) is 0.368. The summed E-state index contributed by atoms with van der Waals surface area (Å²) in [6, 6.07) is 14.9. The first-order chi connectivity index (χ1) is 11.1. The lowest BCUT2D eigenvalue weighted by molar-refractivity contribution is 0.339. The summed E-state index contributed by atoms with van der Waals surface area (Å²) in [5, 5.41) is 3.60. The van der Waals surface area contributed by atoms with Crippen molar-refractivity contribution in [1.29, 1.82) is 0 Å². The molecular formula is C19H23Br2NO. The Kier molecular flexibility index (Phi) is 7.60. The van der Waals surface area contributed by atoms with Crippen molar-refractivity contribution in [3.05, 3.63) is 62.5 Å². The lowest BCUT2D eigenvalue weighted by Crippen LogP contribution is -2.20. The zero-order chi connectivity index (χ0) is 16.7. The lowest BCUT2D eigenvalue weighted by atomic mass is 10.1. The van der Waals surface area contributed by atoms with Crippen molar-refractivity contribution < 1.29 is 4.74 Å². The van der Waals surface area contributed by atoms with Crippen LogP contribution in [0.25, 0.3) is 0 Å². The Hall–Kier alpha value is -0.840. The molecule has 0 saturated carbocycles. The van der Waals surface area contributed by atoms with Gasteiger partial charge in [-0.15, -0.1) is 0 Å². The summed E-state index contributed by atoms with van der Waals surface area (Å²) in [4.78, 5) is 0. The largest absolute Gasteiger partial charge is 0.494 e. The van der Waals surface area contributed by atoms with Gasteiger partial charge in [0.15, 0.2) is 0 Å². The molecular weight excluding hydrogens is 418 g/mol. The Labute approximate surface area is 155 Å². The highest BCUT2D eigenvalue weighted by molar-refractivity contribution is 9.10. The quantitative estimate of drug-likeness (QED) is 0.516. The number of nitrogens with one attached hydrogen (secondary N) is 1. The van der Waals surface area contributed by atoms with E-state index in [2.05, 4.69) is 80.5 Å². The SMILES string of the molecule is CCOc1ccc(Br)c(C(C)NCCCc2ccccc2Br)c1. The lowest BCUT2D eigenvalue weighted by Gasteiger charge is -2.17. The van der Waals surface area contributed by atoms with Crippen molar-refractivity contribution in [3.63, 3.8) is 0 Å². The monoisotopic (exact) mass is 439 g/mol. The number of rotatable bonds is 8. The van der Waals surface area contributed by atoms with E-state index < -0.39 is 0 Å². The van der Waals surface area contributed by atoms with E-state index in [1.165, 1.54) is 15.6 Å². The maximum absolute atomic E-state index is 5.59. The summed E-state index contributed by atoms with van der Waals surface area (Å²) in [5.74, 6) is 0.924. The van der Waals surface area contributed by atoms with Gasteiger partial charge in [-0.25, -0.2) is 0 Å². The zero-order valence-electron chi connectivity index (χ0n) is 13.6. The number of benzene rings is 2. The minimum atomic E-state index is 0.281. The van der Waals surface area contributed by atoms with Crippen LogP contribution in [0.3, 0.4) is 0 Å². The maximum Gasteiger partial charge on any atom is 0.119 e. The van der Waals surface area contributed by atoms with Crippen LogP contribution in [-0.4, -0.2) is 13.2 Å². The molecule has 0 aliphatic heterocycles. The molecule has 2 aromatic rings. The van der Waals surface area contributed by atoms with Gasteiger partial charge in [-0.1, -0.05) is 50.1 Å². The van der Waals surface area contributed by atoms with Gasteiger partial charge in [0.25, 0.3) is 0 Å². The van der Waals surface area contributed by atoms with Crippen LogP contribution in [0.1, 0.15) is 37.4 Å². The molecule has 1 N–H and O–H groups in total. The summed E-state index contributed by atoms with van der Waals surface area (Å²) in [5.41, 5.74) is 2.60. The molecule has 0 amide bonds. The van der Waals surface area contributed by atoms with E-state index in [4.69, 9.17) is 4.74 Å². The first kappa shape index (κ1) is 18.5. The Balaban J connectivity index is 1.86. The van der Waals surface area contributed by atoms with Gasteiger partial charge in [0.05, 0.1) is 6.61 Å². The molecule has 2 nitrogen and oxygen atoms in total. The van der Waals surface area contributed by atoms with Gasteiger partial charge in [-0.3, -0.25) is 0 Å². The van der Waals surface area contributed by atoms with Crippen LogP contribution in [0, 0.1) is 0 Å². The number of hydrogen-bond donors (Lipinski definition) is 1. The number of hydrogen-bond acceptors (Lipinski definition) is 2. The van der Waals surface area contributed by atoms with Gasteiger partial charge in [0.1, 0.15) is 5.75 Å². The van der Waals surface area contributed by atoms with Gasteiger partial charge in [-0.2, -0.15) is 0 Å². The molecule has 0 aliphatic rings. The number of ether oxygens (including phenoxy) is 1. The highest BCUT2D eigenvalue weighted by Crippen LogP contribution is 2.28. The van der Waals surface area contributed by atoms with Gasteiger partial charge in [-0.05, 0) is 68.6 Å². The van der Waals surface area contributed by atoms with Crippen LogP contribution >= 0.6 is 31.9 Å². The van der Waals surface area contributed by atoms with Crippen LogP contribution in [0.5, 0.6) is 5.75 Å². The summed E-state index contributed by atoms with van der Waals surface area (Å²) in [7, 11) is 0. The molecule has 0 saturated heterocycles. The molecule has 0 fully saturated rings. The summed E-state index contributed by atoms with van der Waals surface area (Å²) in [6.45, 7) is 5.86. The fourth-order valence-electron chi connectivity index (χ4n) is 2.52. The average Bonchev–Trinajstić information content (AvgIpc) is 2.55. The molecule has 0 aliphatic carbocycles. The molecule has 0 radical (unpaired) electrons. The molecule has 0 heterocycles. The van der Waals surface area contributed by atoms with Crippen LogP contribution in [0.15, 0.2) is 51.4 Å². The highest BCUT2D eigenvalue weighted by atomic mass is 79.9. The predicted molar refractivity (Wildman–Crippen MR) is 104 cm³/mol. The Bertz CT molecular complexity index is 631. The first-order valence-electron chi connectivity index (χ1n) is 8.01. The minimum absolute atomic E-state index is 0.281. The van der Waals surface area contributed by atoms with Crippen LogP contribution in [0.4, 0.5) is 0 Å². The molecule has 4 heteroatoms. The van der Waals surface area contributed by atoms with E-state index in [0.717, 1.165) is 29.6 Å². The molecule has 0 bridgehead atoms. The summed E-state index contributed by atoms with van der Waals surface area (Å²) < 4.78 is 7.91. The molecule has 2 aromatic carbocycles. The minimum Gasteiger partial charge on any atom is -0.494 e. The molecule has 0 spiro atoms. The summed E-state index contributed by atoms with van der Waals surface area (Å²) in [6.07, 6.45) is 2.18. The normalized spacial score (nSPS) is 12.2. The topological polar surface area (TPSA) is 21.3 Å². The van der Waals surface area contributed by atoms with Crippen molar-refractivity contribution in [1.82, 2.24) is 5.32 Å². The molecule has 23 heavy (non-hydrogen) atoms. The van der Waals surface area contributed by atoms with Crippen LogP contribution in [0.2, 0.25) is 0 Å². The number of aryl methyl sites for hydroxylation is 1. The van der Waals surface area contributed by atoms with Crippen molar-refractivity contribution in [2.75, 3.05) is 13.2 Å². The van der Waals surface area contributed by atoms with Crippen LogP contribution in [-0.2, 0) is 6.42 Å². The van der Waals surface area contributed by atoms with E-state index in [-0.39, 0.29) is 6.04 Å². The Morgan fingerprint density at radius 1 is 1.09 bits per heavy atom. The number of halogens is 2. The standard InChI is InChI=1S/C19H23Br2NO/c1-3-23-16-10-11-19(21)17(13-16)14(2)22-12-6-8-15-7-4-5-9-18(15)20/h4-5,7,9-11,13-14,22H,3,6,8,12H2,1-2H3. The summed E-state index contributed by atoms with van der Waals surface area (Å²) >= 11 is 7.24. The molecule has 1 unspecified atom stereocenters. The van der Waals surface area contributed by atoms with Gasteiger partial charge in [0, 0.05) is 15.0 Å². The smallest absolute Gasteiger partial charge is 0.119 e. The third-order valence-corrected chi connectivity index (χ3v) is 5.27. The average molecular weight is 441 g/mol. The first-order valence-corrected chi connectivity index (χ1v) is 9.59. The van der Waals surface area contributed by atoms with Crippen molar-refractivity contribution >= 4 is 31.9 Å². The van der Waals surface area contributed by atoms with E-state index >= 15 is 0 Å². The van der Waals surface area contributed by atoms with E-state index in [1.807, 2.05) is 13.0 Å². The molecule has 2 rings (SSSR count). The highest BCUT2D eigenvalue weighted by Gasteiger charge is 2.10. The molecule has 0 aromatic heterocycles. The molecule has 1 atom stereocenters. The van der Waals surface area contributed by atoms with Gasteiger partial charge >= 0.3 is 0 Å². The van der Waals surface area contributed by atoms with Crippen molar-refractivity contribution in [2.24, 2.45) is 0 Å². The van der Waals surface area contributed by atoms with Crippen molar-refractivity contribution in [2.45, 2.75) is 32.7 Å².